The number of hydrogen-bond donors (Lipinski definition) is 1. The van der Waals surface area contributed by atoms with Gasteiger partial charge in [-0.05, 0) is 12.0 Å². The molecule has 0 bridgehead atoms. The van der Waals surface area contributed by atoms with Crippen molar-refractivity contribution in [3.05, 3.63) is 54.0 Å². The fraction of sp³-hybridized carbons (Fsp3) is 0.353. The van der Waals surface area contributed by atoms with E-state index in [4.69, 9.17) is 0 Å². The topological polar surface area (TPSA) is 92.3 Å². The fourth-order valence-electron chi connectivity index (χ4n) is 2.76. The van der Waals surface area contributed by atoms with Gasteiger partial charge in [0.1, 0.15) is 11.5 Å². The van der Waals surface area contributed by atoms with Gasteiger partial charge in [0, 0.05) is 19.6 Å². The molecule has 2 aromatic rings. The van der Waals surface area contributed by atoms with E-state index in [0.29, 0.717) is 18.8 Å². The molecule has 1 aromatic heterocycles. The molecule has 7 nitrogen and oxygen atoms in total. The van der Waals surface area contributed by atoms with Crippen LogP contribution in [0.2, 0.25) is 0 Å². The summed E-state index contributed by atoms with van der Waals surface area (Å²) in [6, 6.07) is 9.55. The fourth-order valence-corrected chi connectivity index (χ4v) is 4.43. The number of nitrogens with zero attached hydrogens (tertiary/aromatic N) is 3. The summed E-state index contributed by atoms with van der Waals surface area (Å²) in [4.78, 5) is 22.3. The minimum Gasteiger partial charge on any atom is -0.365 e. The lowest BCUT2D eigenvalue weighted by Gasteiger charge is -2.17. The Morgan fingerprint density at radius 3 is 2.60 bits per heavy atom. The van der Waals surface area contributed by atoms with E-state index in [9.17, 15) is 13.2 Å². The van der Waals surface area contributed by atoms with Crippen molar-refractivity contribution in [2.45, 2.75) is 19.0 Å². The molecule has 2 heterocycles. The zero-order chi connectivity index (χ0) is 17.9. The van der Waals surface area contributed by atoms with Crippen molar-refractivity contribution in [2.24, 2.45) is 0 Å². The van der Waals surface area contributed by atoms with Gasteiger partial charge in [-0.2, -0.15) is 0 Å². The summed E-state index contributed by atoms with van der Waals surface area (Å²) in [7, 11) is -1.23. The molecule has 25 heavy (non-hydrogen) atoms. The number of aromatic nitrogens is 2. The monoisotopic (exact) mass is 360 g/mol. The van der Waals surface area contributed by atoms with Gasteiger partial charge in [-0.15, -0.1) is 0 Å². The number of carbonyl (C=O) groups is 1. The molecule has 1 atom stereocenters. The molecule has 132 valence electrons. The molecule has 1 amide bonds. The largest absolute Gasteiger partial charge is 0.365 e. The molecule has 1 N–H and O–H groups in total. The number of sulfone groups is 1. The number of benzene rings is 1. The second-order valence-electron chi connectivity index (χ2n) is 6.18. The molecule has 0 aliphatic carbocycles. The van der Waals surface area contributed by atoms with Crippen LogP contribution < -0.4 is 5.32 Å². The average molecular weight is 360 g/mol. The van der Waals surface area contributed by atoms with Crippen LogP contribution in [0.5, 0.6) is 0 Å². The second kappa shape index (κ2) is 7.18. The van der Waals surface area contributed by atoms with Gasteiger partial charge in [-0.1, -0.05) is 30.3 Å². The highest BCUT2D eigenvalue weighted by Crippen LogP contribution is 2.16. The van der Waals surface area contributed by atoms with E-state index in [-0.39, 0.29) is 29.1 Å². The van der Waals surface area contributed by atoms with Gasteiger partial charge in [0.25, 0.3) is 5.91 Å². The van der Waals surface area contributed by atoms with Gasteiger partial charge >= 0.3 is 0 Å². The first-order valence-electron chi connectivity index (χ1n) is 8.01. The van der Waals surface area contributed by atoms with E-state index in [1.54, 1.807) is 11.9 Å². The summed E-state index contributed by atoms with van der Waals surface area (Å²) in [6.45, 7) is 0.487. The van der Waals surface area contributed by atoms with Crippen LogP contribution in [0.15, 0.2) is 42.7 Å². The van der Waals surface area contributed by atoms with Gasteiger partial charge in [0.2, 0.25) is 0 Å². The zero-order valence-electron chi connectivity index (χ0n) is 13.9. The molecule has 1 aliphatic rings. The van der Waals surface area contributed by atoms with Gasteiger partial charge in [-0.3, -0.25) is 4.79 Å². The van der Waals surface area contributed by atoms with Crippen LogP contribution >= 0.6 is 0 Å². The molecule has 1 aliphatic heterocycles. The summed E-state index contributed by atoms with van der Waals surface area (Å²) in [5.41, 5.74) is 1.29. The summed E-state index contributed by atoms with van der Waals surface area (Å²) in [5.74, 6) is 0.560. The third kappa shape index (κ3) is 4.54. The molecule has 3 rings (SSSR count). The average Bonchev–Trinajstić information content (AvgIpc) is 2.94. The van der Waals surface area contributed by atoms with Crippen LogP contribution in [0.25, 0.3) is 0 Å². The summed E-state index contributed by atoms with van der Waals surface area (Å²) < 4.78 is 22.9. The zero-order valence-corrected chi connectivity index (χ0v) is 14.7. The van der Waals surface area contributed by atoms with Crippen LogP contribution in [-0.4, -0.2) is 53.8 Å². The number of rotatable bonds is 5. The molecule has 1 fully saturated rings. The number of amides is 1. The van der Waals surface area contributed by atoms with Gasteiger partial charge < -0.3 is 10.2 Å². The molecule has 1 aromatic carbocycles. The van der Waals surface area contributed by atoms with E-state index in [2.05, 4.69) is 15.3 Å². The van der Waals surface area contributed by atoms with Crippen molar-refractivity contribution in [3.63, 3.8) is 0 Å². The lowest BCUT2D eigenvalue weighted by atomic mass is 10.2. The minimum atomic E-state index is -2.95. The van der Waals surface area contributed by atoms with E-state index < -0.39 is 9.84 Å². The molecule has 8 heteroatoms. The quantitative estimate of drug-likeness (QED) is 0.865. The molecule has 0 saturated carbocycles. The summed E-state index contributed by atoms with van der Waals surface area (Å²) >= 11 is 0. The van der Waals surface area contributed by atoms with Crippen LogP contribution in [0.4, 0.5) is 5.82 Å². The van der Waals surface area contributed by atoms with Crippen LogP contribution in [0, 0.1) is 0 Å². The van der Waals surface area contributed by atoms with Crippen molar-refractivity contribution in [3.8, 4) is 0 Å². The van der Waals surface area contributed by atoms with E-state index in [1.165, 1.54) is 12.4 Å². The first kappa shape index (κ1) is 17.3. The SMILES string of the molecule is CN(Cc1ccccc1)C(=O)c1cnc(NC2CCS(=O)(=O)C2)cn1. The first-order valence-corrected chi connectivity index (χ1v) is 9.83. The number of hydrogen-bond acceptors (Lipinski definition) is 6. The van der Waals surface area contributed by atoms with Gasteiger partial charge in [-0.25, -0.2) is 18.4 Å². The van der Waals surface area contributed by atoms with Crippen molar-refractivity contribution in [1.82, 2.24) is 14.9 Å². The Labute approximate surface area is 147 Å². The Morgan fingerprint density at radius 1 is 1.24 bits per heavy atom. The Hall–Kier alpha value is -2.48. The van der Waals surface area contributed by atoms with Crippen LogP contribution in [0.1, 0.15) is 22.5 Å². The third-order valence-electron chi connectivity index (χ3n) is 4.06. The second-order valence-corrected chi connectivity index (χ2v) is 8.41. The Balaban J connectivity index is 1.60. The van der Waals surface area contributed by atoms with Crippen molar-refractivity contribution in [2.75, 3.05) is 23.9 Å². The maximum atomic E-state index is 12.4. The first-order chi connectivity index (χ1) is 11.9. The number of nitrogens with one attached hydrogen (secondary N) is 1. The Kier molecular flexibility index (Phi) is 4.98. The van der Waals surface area contributed by atoms with Crippen molar-refractivity contribution < 1.29 is 13.2 Å². The maximum absolute atomic E-state index is 12.4. The van der Waals surface area contributed by atoms with Crippen molar-refractivity contribution in [1.29, 1.82) is 0 Å². The van der Waals surface area contributed by atoms with E-state index >= 15 is 0 Å². The smallest absolute Gasteiger partial charge is 0.274 e. The van der Waals surface area contributed by atoms with Gasteiger partial charge in [0.15, 0.2) is 9.84 Å². The normalized spacial score (nSPS) is 18.7. The molecule has 1 saturated heterocycles. The Morgan fingerprint density at radius 2 is 2.00 bits per heavy atom. The summed E-state index contributed by atoms with van der Waals surface area (Å²) in [5, 5.41) is 3.05. The van der Waals surface area contributed by atoms with E-state index in [1.807, 2.05) is 30.3 Å². The molecular weight excluding hydrogens is 340 g/mol. The standard InChI is InChI=1S/C17H20N4O3S/c1-21(11-13-5-3-2-4-6-13)17(22)15-9-19-16(10-18-15)20-14-7-8-25(23,24)12-14/h2-6,9-10,14H,7-8,11-12H2,1H3,(H,19,20). The number of anilines is 1. The predicted octanol–water partition coefficient (Wildman–Crippen LogP) is 1.35. The molecule has 0 spiro atoms. The highest BCUT2D eigenvalue weighted by molar-refractivity contribution is 7.91. The van der Waals surface area contributed by atoms with E-state index in [0.717, 1.165) is 5.56 Å². The lowest BCUT2D eigenvalue weighted by Crippen LogP contribution is -2.27. The maximum Gasteiger partial charge on any atom is 0.274 e. The minimum absolute atomic E-state index is 0.106. The van der Waals surface area contributed by atoms with Crippen LogP contribution in [-0.2, 0) is 16.4 Å². The van der Waals surface area contributed by atoms with Gasteiger partial charge in [0.05, 0.1) is 23.9 Å². The Bertz CT molecular complexity index is 838. The summed E-state index contributed by atoms with van der Waals surface area (Å²) in [6.07, 6.45) is 3.44. The predicted molar refractivity (Wildman–Crippen MR) is 95.0 cm³/mol. The molecule has 0 radical (unpaired) electrons. The molecular formula is C17H20N4O3S. The highest BCUT2D eigenvalue weighted by Gasteiger charge is 2.28. The molecule has 1 unspecified atom stereocenters. The third-order valence-corrected chi connectivity index (χ3v) is 5.83. The highest BCUT2D eigenvalue weighted by atomic mass is 32.2. The van der Waals surface area contributed by atoms with Crippen LogP contribution in [0.3, 0.4) is 0 Å². The number of carbonyl (C=O) groups excluding carboxylic acids is 1. The van der Waals surface area contributed by atoms with Crippen molar-refractivity contribution >= 4 is 21.6 Å². The lowest BCUT2D eigenvalue weighted by molar-refractivity contribution is 0.0779.